The molecule has 1 N–H and O–H groups in total. The van der Waals surface area contributed by atoms with E-state index in [-0.39, 0.29) is 7.43 Å². The van der Waals surface area contributed by atoms with Crippen molar-refractivity contribution in [3.05, 3.63) is 0 Å². The quantitative estimate of drug-likeness (QED) is 0.492. The maximum Gasteiger partial charge on any atom is 0.200 e. The minimum Gasteiger partial charge on any atom is -0.344 e. The highest BCUT2D eigenvalue weighted by atomic mass is 31.2. The second-order valence-corrected chi connectivity index (χ2v) is 6.29. The highest BCUT2D eigenvalue weighted by molar-refractivity contribution is 7.57. The second-order valence-electron chi connectivity index (χ2n) is 3.71. The van der Waals surface area contributed by atoms with E-state index in [1.165, 1.54) is 0 Å². The van der Waals surface area contributed by atoms with Gasteiger partial charge in [-0.05, 0) is 12.8 Å². The van der Waals surface area contributed by atoms with Gasteiger partial charge in [0, 0.05) is 12.3 Å². The Morgan fingerprint density at radius 2 is 1.29 bits per heavy atom. The Bertz CT molecular complexity index is 143. The number of rotatable bonds is 8. The minimum atomic E-state index is -2.75. The standard InChI is InChI=1S/C10H23O2P.CH4/c1-3-5-7-9-13(11,12)10-8-6-4-2;/h3-10H2,1-2H3,(H,11,12);1H4. The Labute approximate surface area is 89.6 Å². The summed E-state index contributed by atoms with van der Waals surface area (Å²) in [7, 11) is -2.75. The Balaban J connectivity index is 0. The largest absolute Gasteiger partial charge is 0.344 e. The van der Waals surface area contributed by atoms with Crippen molar-refractivity contribution in [3.63, 3.8) is 0 Å². The first-order valence-electron chi connectivity index (χ1n) is 5.43. The van der Waals surface area contributed by atoms with E-state index < -0.39 is 7.37 Å². The van der Waals surface area contributed by atoms with Crippen LogP contribution in [0.3, 0.4) is 0 Å². The Kier molecular flexibility index (Phi) is 11.6. The Morgan fingerprint density at radius 1 is 0.929 bits per heavy atom. The average molecular weight is 222 g/mol. The van der Waals surface area contributed by atoms with Crippen LogP contribution in [0.4, 0.5) is 0 Å². The van der Waals surface area contributed by atoms with Gasteiger partial charge in [-0.15, -0.1) is 0 Å². The van der Waals surface area contributed by atoms with E-state index in [2.05, 4.69) is 13.8 Å². The molecule has 0 rings (SSSR count). The summed E-state index contributed by atoms with van der Waals surface area (Å²) >= 11 is 0. The van der Waals surface area contributed by atoms with Crippen molar-refractivity contribution in [2.45, 2.75) is 59.8 Å². The van der Waals surface area contributed by atoms with Gasteiger partial charge in [0.05, 0.1) is 0 Å². The molecular weight excluding hydrogens is 195 g/mol. The van der Waals surface area contributed by atoms with Crippen molar-refractivity contribution in [1.29, 1.82) is 0 Å². The van der Waals surface area contributed by atoms with Gasteiger partial charge in [0.15, 0.2) is 0 Å². The fourth-order valence-corrected chi connectivity index (χ4v) is 2.99. The number of hydrogen-bond donors (Lipinski definition) is 1. The van der Waals surface area contributed by atoms with Gasteiger partial charge in [0.1, 0.15) is 0 Å². The lowest BCUT2D eigenvalue weighted by atomic mass is 10.3. The normalized spacial score (nSPS) is 11.1. The average Bonchev–Trinajstić information content (AvgIpc) is 2.05. The molecule has 0 aliphatic carbocycles. The van der Waals surface area contributed by atoms with Crippen molar-refractivity contribution < 1.29 is 9.46 Å². The topological polar surface area (TPSA) is 37.3 Å². The van der Waals surface area contributed by atoms with E-state index in [1.807, 2.05) is 0 Å². The van der Waals surface area contributed by atoms with Crippen LogP contribution in [-0.4, -0.2) is 17.2 Å². The van der Waals surface area contributed by atoms with Crippen LogP contribution in [0.2, 0.25) is 0 Å². The Hall–Kier alpha value is 0.190. The van der Waals surface area contributed by atoms with Gasteiger partial charge in [-0.25, -0.2) is 0 Å². The molecule has 0 unspecified atom stereocenters. The van der Waals surface area contributed by atoms with E-state index in [0.29, 0.717) is 12.3 Å². The first kappa shape index (κ1) is 16.6. The smallest absolute Gasteiger partial charge is 0.200 e. The summed E-state index contributed by atoms with van der Waals surface area (Å²) in [6.45, 7) is 4.22. The molecule has 0 fully saturated rings. The highest BCUT2D eigenvalue weighted by Gasteiger charge is 2.15. The SMILES string of the molecule is C.CCCCCP(=O)(O)CCCCC. The molecule has 0 aromatic rings. The third kappa shape index (κ3) is 10.3. The fraction of sp³-hybridized carbons (Fsp3) is 1.00. The van der Waals surface area contributed by atoms with E-state index in [0.717, 1.165) is 38.5 Å². The summed E-state index contributed by atoms with van der Waals surface area (Å²) in [6.07, 6.45) is 7.29. The summed E-state index contributed by atoms with van der Waals surface area (Å²) in [5, 5.41) is 0. The third-order valence-electron chi connectivity index (χ3n) is 2.22. The summed E-state index contributed by atoms with van der Waals surface area (Å²) in [4.78, 5) is 9.52. The molecule has 0 aromatic heterocycles. The lowest BCUT2D eigenvalue weighted by molar-refractivity contribution is 0.471. The van der Waals surface area contributed by atoms with Crippen molar-refractivity contribution >= 4 is 7.37 Å². The first-order valence-corrected chi connectivity index (χ1v) is 7.46. The Morgan fingerprint density at radius 3 is 1.57 bits per heavy atom. The van der Waals surface area contributed by atoms with Crippen molar-refractivity contribution in [1.82, 2.24) is 0 Å². The lowest BCUT2D eigenvalue weighted by Crippen LogP contribution is -1.95. The zero-order chi connectivity index (χ0) is 10.2. The highest BCUT2D eigenvalue weighted by Crippen LogP contribution is 2.42. The van der Waals surface area contributed by atoms with Crippen LogP contribution in [0.5, 0.6) is 0 Å². The van der Waals surface area contributed by atoms with Crippen LogP contribution in [0.15, 0.2) is 0 Å². The zero-order valence-corrected chi connectivity index (χ0v) is 9.85. The fourth-order valence-electron chi connectivity index (χ4n) is 1.33. The van der Waals surface area contributed by atoms with E-state index in [4.69, 9.17) is 0 Å². The number of unbranched alkanes of at least 4 members (excludes halogenated alkanes) is 4. The predicted octanol–water partition coefficient (Wildman–Crippen LogP) is 4.27. The monoisotopic (exact) mass is 222 g/mol. The van der Waals surface area contributed by atoms with Gasteiger partial charge in [-0.1, -0.05) is 47.0 Å². The summed E-state index contributed by atoms with van der Waals surface area (Å²) in [6, 6.07) is 0. The van der Waals surface area contributed by atoms with Gasteiger partial charge in [-0.2, -0.15) is 0 Å². The van der Waals surface area contributed by atoms with Crippen molar-refractivity contribution in [2.75, 3.05) is 12.3 Å². The number of hydrogen-bond acceptors (Lipinski definition) is 1. The summed E-state index contributed by atoms with van der Waals surface area (Å²) in [5.74, 6) is 0. The van der Waals surface area contributed by atoms with E-state index in [1.54, 1.807) is 0 Å². The molecule has 0 amide bonds. The van der Waals surface area contributed by atoms with Crippen LogP contribution in [0.1, 0.15) is 59.8 Å². The molecule has 2 nitrogen and oxygen atoms in total. The van der Waals surface area contributed by atoms with Crippen molar-refractivity contribution in [2.24, 2.45) is 0 Å². The molecule has 0 saturated carbocycles. The maximum atomic E-state index is 11.5. The van der Waals surface area contributed by atoms with Crippen LogP contribution >= 0.6 is 7.37 Å². The van der Waals surface area contributed by atoms with Crippen LogP contribution in [0.25, 0.3) is 0 Å². The molecule has 0 radical (unpaired) electrons. The van der Waals surface area contributed by atoms with E-state index in [9.17, 15) is 9.46 Å². The van der Waals surface area contributed by atoms with Crippen LogP contribution in [0, 0.1) is 0 Å². The molecule has 0 bridgehead atoms. The zero-order valence-electron chi connectivity index (χ0n) is 8.96. The molecule has 88 valence electrons. The summed E-state index contributed by atoms with van der Waals surface area (Å²) < 4.78 is 11.5. The van der Waals surface area contributed by atoms with Gasteiger partial charge in [0.25, 0.3) is 0 Å². The molecular formula is C11H27O2P. The molecule has 0 aromatic carbocycles. The molecule has 0 aliphatic rings. The van der Waals surface area contributed by atoms with Crippen LogP contribution < -0.4 is 0 Å². The molecule has 0 atom stereocenters. The minimum absolute atomic E-state index is 0. The second kappa shape index (κ2) is 9.73. The third-order valence-corrected chi connectivity index (χ3v) is 4.25. The van der Waals surface area contributed by atoms with E-state index >= 15 is 0 Å². The molecule has 0 aliphatic heterocycles. The molecule has 14 heavy (non-hydrogen) atoms. The van der Waals surface area contributed by atoms with Gasteiger partial charge in [0.2, 0.25) is 7.37 Å². The van der Waals surface area contributed by atoms with Gasteiger partial charge in [-0.3, -0.25) is 4.57 Å². The molecule has 0 heterocycles. The predicted molar refractivity (Wildman–Crippen MR) is 65.3 cm³/mol. The van der Waals surface area contributed by atoms with Gasteiger partial charge >= 0.3 is 0 Å². The first-order chi connectivity index (χ1) is 6.12. The molecule has 0 spiro atoms. The molecule has 0 saturated heterocycles. The molecule has 3 heteroatoms. The van der Waals surface area contributed by atoms with Gasteiger partial charge < -0.3 is 4.89 Å². The maximum absolute atomic E-state index is 11.5. The van der Waals surface area contributed by atoms with Crippen molar-refractivity contribution in [3.8, 4) is 0 Å². The lowest BCUT2D eigenvalue weighted by Gasteiger charge is -2.10. The van der Waals surface area contributed by atoms with Crippen LogP contribution in [-0.2, 0) is 4.57 Å². The summed E-state index contributed by atoms with van der Waals surface area (Å²) in [5.41, 5.74) is 0.